The van der Waals surface area contributed by atoms with Gasteiger partial charge in [0.25, 0.3) is 0 Å². The van der Waals surface area contributed by atoms with Crippen molar-refractivity contribution in [3.05, 3.63) is 23.8 Å². The number of hydrogen-bond acceptors (Lipinski definition) is 4. The Labute approximate surface area is 125 Å². The van der Waals surface area contributed by atoms with Gasteiger partial charge in [0.2, 0.25) is 0 Å². The molecule has 0 saturated carbocycles. The highest BCUT2D eigenvalue weighted by Crippen LogP contribution is 2.31. The van der Waals surface area contributed by atoms with E-state index < -0.39 is 0 Å². The van der Waals surface area contributed by atoms with E-state index in [1.807, 2.05) is 6.07 Å². The monoisotopic (exact) mass is 293 g/mol. The number of nitrogens with one attached hydrogen (secondary N) is 1. The van der Waals surface area contributed by atoms with E-state index in [0.717, 1.165) is 48.0 Å². The minimum atomic E-state index is 0.148. The number of rotatable bonds is 4. The van der Waals surface area contributed by atoms with Crippen LogP contribution < -0.4 is 10.6 Å². The molecular formula is C15H23N3OS. The summed E-state index contributed by atoms with van der Waals surface area (Å²) in [5, 5.41) is 7.93. The van der Waals surface area contributed by atoms with Crippen LogP contribution in [0.5, 0.6) is 0 Å². The Morgan fingerprint density at radius 2 is 2.35 bits per heavy atom. The number of anilines is 1. The van der Waals surface area contributed by atoms with Crippen LogP contribution in [0, 0.1) is 5.41 Å². The molecule has 1 aromatic carbocycles. The second kappa shape index (κ2) is 6.99. The van der Waals surface area contributed by atoms with Gasteiger partial charge in [-0.05, 0) is 31.2 Å². The first-order chi connectivity index (χ1) is 9.63. The van der Waals surface area contributed by atoms with Gasteiger partial charge in [-0.25, -0.2) is 0 Å². The molecule has 1 aliphatic rings. The number of thioether (sulfide) groups is 1. The zero-order valence-electron chi connectivity index (χ0n) is 12.2. The van der Waals surface area contributed by atoms with Crippen molar-refractivity contribution >= 4 is 23.3 Å². The van der Waals surface area contributed by atoms with Gasteiger partial charge >= 0.3 is 0 Å². The Bertz CT molecular complexity index is 478. The maximum absolute atomic E-state index is 7.93. The van der Waals surface area contributed by atoms with Crippen LogP contribution >= 0.6 is 11.8 Å². The molecule has 1 aromatic rings. The third-order valence-corrected chi connectivity index (χ3v) is 4.31. The lowest BCUT2D eigenvalue weighted by atomic mass is 10.1. The molecule has 0 spiro atoms. The topological polar surface area (TPSA) is 62.3 Å². The van der Waals surface area contributed by atoms with E-state index in [2.05, 4.69) is 30.9 Å². The molecule has 1 heterocycles. The van der Waals surface area contributed by atoms with Crippen LogP contribution in [0.25, 0.3) is 0 Å². The van der Waals surface area contributed by atoms with Crippen LogP contribution in [0.2, 0.25) is 0 Å². The van der Waals surface area contributed by atoms with E-state index in [0.29, 0.717) is 0 Å². The first-order valence-corrected chi connectivity index (χ1v) is 8.08. The second-order valence-corrected chi connectivity index (χ2v) is 6.28. The molecule has 1 unspecified atom stereocenters. The highest BCUT2D eigenvalue weighted by Gasteiger charge is 2.20. The predicted molar refractivity (Wildman–Crippen MR) is 86.1 cm³/mol. The summed E-state index contributed by atoms with van der Waals surface area (Å²) < 4.78 is 5.70. The molecule has 1 saturated heterocycles. The van der Waals surface area contributed by atoms with Gasteiger partial charge in [-0.3, -0.25) is 5.41 Å². The molecule has 0 radical (unpaired) electrons. The smallest absolute Gasteiger partial charge is 0.126 e. The summed E-state index contributed by atoms with van der Waals surface area (Å²) in [6.07, 6.45) is 1.21. The van der Waals surface area contributed by atoms with E-state index >= 15 is 0 Å². The summed E-state index contributed by atoms with van der Waals surface area (Å²) in [6, 6.07) is 6.16. The number of hydrogen-bond donors (Lipinski definition) is 2. The predicted octanol–water partition coefficient (Wildman–Crippen LogP) is 2.70. The largest absolute Gasteiger partial charge is 0.384 e. The van der Waals surface area contributed by atoms with E-state index in [1.165, 1.54) is 0 Å². The maximum Gasteiger partial charge on any atom is 0.126 e. The van der Waals surface area contributed by atoms with Gasteiger partial charge in [-0.1, -0.05) is 13.0 Å². The zero-order valence-corrected chi connectivity index (χ0v) is 13.0. The van der Waals surface area contributed by atoms with Crippen LogP contribution in [0.15, 0.2) is 23.1 Å². The molecule has 0 amide bonds. The molecule has 1 aliphatic heterocycles. The highest BCUT2D eigenvalue weighted by molar-refractivity contribution is 7.99. The molecular weight excluding hydrogens is 270 g/mol. The van der Waals surface area contributed by atoms with Gasteiger partial charge in [-0.2, -0.15) is 0 Å². The van der Waals surface area contributed by atoms with Gasteiger partial charge < -0.3 is 15.4 Å². The minimum Gasteiger partial charge on any atom is -0.384 e. The Kier molecular flexibility index (Phi) is 5.31. The molecule has 0 bridgehead atoms. The van der Waals surface area contributed by atoms with Gasteiger partial charge in [0.15, 0.2) is 0 Å². The molecule has 0 aliphatic carbocycles. The van der Waals surface area contributed by atoms with Crippen molar-refractivity contribution in [3.63, 3.8) is 0 Å². The summed E-state index contributed by atoms with van der Waals surface area (Å²) in [7, 11) is 0. The fourth-order valence-electron chi connectivity index (χ4n) is 2.54. The number of nitrogen functional groups attached to an aromatic ring is 1. The molecule has 0 aromatic heterocycles. The Balaban J connectivity index is 2.38. The number of ether oxygens (including phenoxy) is 1. The second-order valence-electron chi connectivity index (χ2n) is 4.98. The van der Waals surface area contributed by atoms with Crippen molar-refractivity contribution in [2.24, 2.45) is 5.73 Å². The molecule has 4 nitrogen and oxygen atoms in total. The van der Waals surface area contributed by atoms with Gasteiger partial charge in [-0.15, -0.1) is 11.8 Å². The average molecular weight is 293 g/mol. The van der Waals surface area contributed by atoms with E-state index in [4.69, 9.17) is 15.9 Å². The van der Waals surface area contributed by atoms with Gasteiger partial charge in [0.1, 0.15) is 5.84 Å². The van der Waals surface area contributed by atoms with Crippen molar-refractivity contribution in [2.75, 3.05) is 30.3 Å². The zero-order chi connectivity index (χ0) is 14.5. The SMILES string of the molecule is CCSc1cccc(N2CCCOC(C)C2)c1C(=N)N. The Hall–Kier alpha value is -1.20. The molecule has 1 atom stereocenters. The fraction of sp³-hybridized carbons (Fsp3) is 0.533. The number of nitrogens with zero attached hydrogens (tertiary/aromatic N) is 1. The molecule has 2 rings (SSSR count). The maximum atomic E-state index is 7.93. The summed E-state index contributed by atoms with van der Waals surface area (Å²) in [6.45, 7) is 6.81. The third kappa shape index (κ3) is 3.46. The summed E-state index contributed by atoms with van der Waals surface area (Å²) in [4.78, 5) is 3.39. The van der Waals surface area contributed by atoms with Gasteiger partial charge in [0.05, 0.1) is 11.7 Å². The van der Waals surface area contributed by atoms with Crippen molar-refractivity contribution in [3.8, 4) is 0 Å². The average Bonchev–Trinajstić information content (AvgIpc) is 2.63. The lowest BCUT2D eigenvalue weighted by Gasteiger charge is -2.27. The van der Waals surface area contributed by atoms with Crippen molar-refractivity contribution in [1.82, 2.24) is 0 Å². The van der Waals surface area contributed by atoms with Crippen LogP contribution in [0.1, 0.15) is 25.8 Å². The van der Waals surface area contributed by atoms with E-state index in [-0.39, 0.29) is 11.9 Å². The highest BCUT2D eigenvalue weighted by atomic mass is 32.2. The quantitative estimate of drug-likeness (QED) is 0.509. The van der Waals surface area contributed by atoms with Crippen molar-refractivity contribution < 1.29 is 4.74 Å². The number of amidine groups is 1. The first-order valence-electron chi connectivity index (χ1n) is 7.10. The molecule has 3 N–H and O–H groups in total. The van der Waals surface area contributed by atoms with Crippen LogP contribution in [0.3, 0.4) is 0 Å². The summed E-state index contributed by atoms with van der Waals surface area (Å²) in [5.41, 5.74) is 7.77. The standard InChI is InChI=1S/C15H23N3OS/c1-3-20-13-7-4-6-12(14(13)15(16)17)18-8-5-9-19-11(2)10-18/h4,6-7,11H,3,5,8-10H2,1-2H3,(H3,16,17). The number of nitrogens with two attached hydrogens (primary N) is 1. The van der Waals surface area contributed by atoms with Crippen LogP contribution in [0.4, 0.5) is 5.69 Å². The first kappa shape index (κ1) is 15.2. The minimum absolute atomic E-state index is 0.148. The normalized spacial score (nSPS) is 19.7. The van der Waals surface area contributed by atoms with Crippen molar-refractivity contribution in [2.45, 2.75) is 31.3 Å². The van der Waals surface area contributed by atoms with E-state index in [9.17, 15) is 0 Å². The van der Waals surface area contributed by atoms with E-state index in [1.54, 1.807) is 11.8 Å². The number of benzene rings is 1. The summed E-state index contributed by atoms with van der Waals surface area (Å²) in [5.74, 6) is 1.12. The molecule has 20 heavy (non-hydrogen) atoms. The third-order valence-electron chi connectivity index (χ3n) is 3.37. The molecule has 5 heteroatoms. The molecule has 110 valence electrons. The molecule has 1 fully saturated rings. The fourth-order valence-corrected chi connectivity index (χ4v) is 3.39. The lowest BCUT2D eigenvalue weighted by molar-refractivity contribution is 0.0821. The van der Waals surface area contributed by atoms with Crippen LogP contribution in [-0.2, 0) is 4.74 Å². The van der Waals surface area contributed by atoms with Crippen LogP contribution in [-0.4, -0.2) is 37.4 Å². The Morgan fingerprint density at radius 3 is 3.05 bits per heavy atom. The van der Waals surface area contributed by atoms with Gasteiger partial charge in [0, 0.05) is 30.3 Å². The summed E-state index contributed by atoms with van der Waals surface area (Å²) >= 11 is 1.74. The van der Waals surface area contributed by atoms with Crippen molar-refractivity contribution in [1.29, 1.82) is 5.41 Å². The lowest BCUT2D eigenvalue weighted by Crippen LogP contribution is -2.32. The Morgan fingerprint density at radius 1 is 1.55 bits per heavy atom.